The van der Waals surface area contributed by atoms with Crippen molar-refractivity contribution in [2.75, 3.05) is 45.9 Å². The number of hydrogen-bond donors (Lipinski definition) is 1. The zero-order valence-electron chi connectivity index (χ0n) is 21.5. The molecule has 2 aromatic rings. The number of benzene rings is 2. The van der Waals surface area contributed by atoms with E-state index in [0.29, 0.717) is 56.1 Å². The Morgan fingerprint density at radius 1 is 1.05 bits per heavy atom. The van der Waals surface area contributed by atoms with E-state index in [-0.39, 0.29) is 18.5 Å². The number of aryl methyl sites for hydroxylation is 1. The normalized spacial score (nSPS) is 18.6. The first-order valence-electron chi connectivity index (χ1n) is 12.6. The lowest BCUT2D eigenvalue weighted by Crippen LogP contribution is -2.53. The van der Waals surface area contributed by atoms with E-state index in [1.807, 2.05) is 38.1 Å². The predicted octanol–water partition coefficient (Wildman–Crippen LogP) is 3.50. The van der Waals surface area contributed by atoms with Gasteiger partial charge in [0.1, 0.15) is 5.82 Å². The molecule has 0 spiro atoms. The van der Waals surface area contributed by atoms with Crippen molar-refractivity contribution in [3.05, 3.63) is 82.3 Å². The van der Waals surface area contributed by atoms with Gasteiger partial charge in [0.25, 0.3) is 5.91 Å². The minimum absolute atomic E-state index is 0.211. The molecule has 0 saturated carbocycles. The van der Waals surface area contributed by atoms with Gasteiger partial charge in [-0.3, -0.25) is 14.6 Å². The van der Waals surface area contributed by atoms with Gasteiger partial charge in [0.2, 0.25) is 0 Å². The van der Waals surface area contributed by atoms with E-state index in [0.717, 1.165) is 11.1 Å². The largest absolute Gasteiger partial charge is 0.463 e. The lowest BCUT2D eigenvalue weighted by atomic mass is 9.93. The van der Waals surface area contributed by atoms with Gasteiger partial charge in [0.15, 0.2) is 0 Å². The van der Waals surface area contributed by atoms with Crippen molar-refractivity contribution in [1.29, 1.82) is 0 Å². The number of nitrogens with zero attached hydrogens (tertiary/aromatic N) is 3. The maximum absolute atomic E-state index is 13.6. The van der Waals surface area contributed by atoms with E-state index < -0.39 is 17.8 Å². The summed E-state index contributed by atoms with van der Waals surface area (Å²) in [5, 5.41) is 2.99. The van der Waals surface area contributed by atoms with Gasteiger partial charge in [0.05, 0.1) is 18.2 Å². The standard InChI is InChI=1S/C28H33FN4O4/c1-4-33-23(18-31-12-14-32(15-13-31)26(34)21-10-7-11-22(29)17-21)24(27(35)37-5-2)25(30-28(33)36)20-9-6-8-19(3)16-20/h6-11,16-17,25H,4-5,12-15,18H2,1-3H3,(H,30,36). The Balaban J connectivity index is 1.59. The van der Waals surface area contributed by atoms with Crippen LogP contribution in [0.25, 0.3) is 0 Å². The van der Waals surface area contributed by atoms with Crippen molar-refractivity contribution in [2.24, 2.45) is 0 Å². The number of carbonyl (C=O) groups excluding carboxylic acids is 3. The van der Waals surface area contributed by atoms with Gasteiger partial charge in [-0.25, -0.2) is 14.0 Å². The third-order valence-corrected chi connectivity index (χ3v) is 6.73. The Hall–Kier alpha value is -3.72. The van der Waals surface area contributed by atoms with Crippen LogP contribution in [0.4, 0.5) is 9.18 Å². The molecule has 2 aliphatic heterocycles. The van der Waals surface area contributed by atoms with Gasteiger partial charge >= 0.3 is 12.0 Å². The molecular formula is C28H33FN4O4. The minimum atomic E-state index is -0.625. The van der Waals surface area contributed by atoms with E-state index >= 15 is 0 Å². The maximum atomic E-state index is 13.6. The van der Waals surface area contributed by atoms with Gasteiger partial charge in [-0.2, -0.15) is 0 Å². The molecule has 8 nitrogen and oxygen atoms in total. The first-order chi connectivity index (χ1) is 17.8. The van der Waals surface area contributed by atoms with E-state index in [9.17, 15) is 18.8 Å². The molecule has 1 N–H and O–H groups in total. The summed E-state index contributed by atoms with van der Waals surface area (Å²) in [6, 6.07) is 12.5. The zero-order valence-corrected chi connectivity index (χ0v) is 21.5. The molecule has 0 aromatic heterocycles. The van der Waals surface area contributed by atoms with Crippen LogP contribution in [-0.4, -0.2) is 78.5 Å². The van der Waals surface area contributed by atoms with Gasteiger partial charge in [-0.05, 0) is 44.5 Å². The van der Waals surface area contributed by atoms with Crippen LogP contribution in [0, 0.1) is 12.7 Å². The smallest absolute Gasteiger partial charge is 0.338 e. The fraction of sp³-hybridized carbons (Fsp3) is 0.393. The number of ether oxygens (including phenoxy) is 1. The second kappa shape index (κ2) is 11.6. The van der Waals surface area contributed by atoms with Crippen molar-refractivity contribution >= 4 is 17.9 Å². The van der Waals surface area contributed by atoms with Crippen LogP contribution in [0.5, 0.6) is 0 Å². The number of likely N-dealkylation sites (N-methyl/N-ethyl adjacent to an activating group) is 1. The minimum Gasteiger partial charge on any atom is -0.463 e. The SMILES string of the molecule is CCOC(=O)C1=C(CN2CCN(C(=O)c3cccc(F)c3)CC2)N(CC)C(=O)NC1c1cccc(C)c1. The lowest BCUT2D eigenvalue weighted by molar-refractivity contribution is -0.139. The molecule has 4 rings (SSSR count). The highest BCUT2D eigenvalue weighted by Gasteiger charge is 2.38. The van der Waals surface area contributed by atoms with Crippen molar-refractivity contribution in [3.63, 3.8) is 0 Å². The van der Waals surface area contributed by atoms with Gasteiger partial charge in [-0.1, -0.05) is 35.9 Å². The van der Waals surface area contributed by atoms with E-state index in [1.165, 1.54) is 18.2 Å². The molecular weight excluding hydrogens is 475 g/mol. The quantitative estimate of drug-likeness (QED) is 0.579. The molecule has 9 heteroatoms. The highest BCUT2D eigenvalue weighted by molar-refractivity contribution is 5.95. The van der Waals surface area contributed by atoms with E-state index in [2.05, 4.69) is 10.2 Å². The number of hydrogen-bond acceptors (Lipinski definition) is 5. The fourth-order valence-corrected chi connectivity index (χ4v) is 4.88. The molecule has 0 radical (unpaired) electrons. The first kappa shape index (κ1) is 26.3. The Morgan fingerprint density at radius 3 is 2.43 bits per heavy atom. The summed E-state index contributed by atoms with van der Waals surface area (Å²) in [6.45, 7) is 8.57. The monoisotopic (exact) mass is 508 g/mol. The van der Waals surface area contributed by atoms with Crippen LogP contribution in [-0.2, 0) is 9.53 Å². The number of urea groups is 1. The third-order valence-electron chi connectivity index (χ3n) is 6.73. The molecule has 2 aliphatic rings. The molecule has 1 atom stereocenters. The molecule has 196 valence electrons. The summed E-state index contributed by atoms with van der Waals surface area (Å²) in [7, 11) is 0. The van der Waals surface area contributed by atoms with Crippen LogP contribution in [0.15, 0.2) is 59.8 Å². The van der Waals surface area contributed by atoms with Crippen molar-refractivity contribution in [2.45, 2.75) is 26.8 Å². The van der Waals surface area contributed by atoms with E-state index in [4.69, 9.17) is 4.74 Å². The number of amides is 3. The van der Waals surface area contributed by atoms with Gasteiger partial charge < -0.3 is 15.0 Å². The molecule has 0 bridgehead atoms. The molecule has 0 aliphatic carbocycles. The molecule has 1 saturated heterocycles. The summed E-state index contributed by atoms with van der Waals surface area (Å²) < 4.78 is 19.0. The molecule has 2 heterocycles. The number of esters is 1. The number of carbonyl (C=O) groups is 3. The van der Waals surface area contributed by atoms with Crippen LogP contribution in [0.1, 0.15) is 41.4 Å². The second-order valence-corrected chi connectivity index (χ2v) is 9.20. The summed E-state index contributed by atoms with van der Waals surface area (Å²) in [6.07, 6.45) is 0. The van der Waals surface area contributed by atoms with Crippen LogP contribution in [0.3, 0.4) is 0 Å². The van der Waals surface area contributed by atoms with Gasteiger partial charge in [0, 0.05) is 50.5 Å². The number of nitrogens with one attached hydrogen (secondary N) is 1. The third kappa shape index (κ3) is 5.83. The lowest BCUT2D eigenvalue weighted by Gasteiger charge is -2.40. The molecule has 3 amide bonds. The number of rotatable bonds is 7. The highest BCUT2D eigenvalue weighted by Crippen LogP contribution is 2.32. The molecule has 1 fully saturated rings. The zero-order chi connectivity index (χ0) is 26.5. The number of halogens is 1. The van der Waals surface area contributed by atoms with Crippen LogP contribution < -0.4 is 5.32 Å². The topological polar surface area (TPSA) is 82.2 Å². The van der Waals surface area contributed by atoms with Crippen molar-refractivity contribution in [1.82, 2.24) is 20.0 Å². The highest BCUT2D eigenvalue weighted by atomic mass is 19.1. The summed E-state index contributed by atoms with van der Waals surface area (Å²) in [5.74, 6) is -1.11. The Morgan fingerprint density at radius 2 is 1.78 bits per heavy atom. The number of piperazine rings is 1. The summed E-state index contributed by atoms with van der Waals surface area (Å²) >= 11 is 0. The Bertz CT molecular complexity index is 1210. The Kier molecular flexibility index (Phi) is 8.23. The van der Waals surface area contributed by atoms with Crippen molar-refractivity contribution < 1.29 is 23.5 Å². The summed E-state index contributed by atoms with van der Waals surface area (Å²) in [5.41, 5.74) is 3.19. The molecule has 37 heavy (non-hydrogen) atoms. The average molecular weight is 509 g/mol. The fourth-order valence-electron chi connectivity index (χ4n) is 4.88. The van der Waals surface area contributed by atoms with E-state index in [1.54, 1.807) is 22.8 Å². The van der Waals surface area contributed by atoms with Crippen LogP contribution in [0.2, 0.25) is 0 Å². The van der Waals surface area contributed by atoms with Crippen LogP contribution >= 0.6 is 0 Å². The summed E-state index contributed by atoms with van der Waals surface area (Å²) in [4.78, 5) is 44.6. The van der Waals surface area contributed by atoms with Gasteiger partial charge in [-0.15, -0.1) is 0 Å². The average Bonchev–Trinajstić information content (AvgIpc) is 2.88. The molecule has 2 aromatic carbocycles. The Labute approximate surface area is 216 Å². The second-order valence-electron chi connectivity index (χ2n) is 9.20. The molecule has 1 unspecified atom stereocenters. The first-order valence-corrected chi connectivity index (χ1v) is 12.6. The van der Waals surface area contributed by atoms with Crippen molar-refractivity contribution in [3.8, 4) is 0 Å². The maximum Gasteiger partial charge on any atom is 0.338 e. The predicted molar refractivity (Wildman–Crippen MR) is 137 cm³/mol.